The van der Waals surface area contributed by atoms with E-state index >= 15 is 0 Å². The van der Waals surface area contributed by atoms with E-state index in [0.717, 1.165) is 10.6 Å². The summed E-state index contributed by atoms with van der Waals surface area (Å²) in [6.07, 6.45) is -4.62. The Morgan fingerprint density at radius 3 is 2.57 bits per heavy atom. The zero-order valence-electron chi connectivity index (χ0n) is 11.8. The van der Waals surface area contributed by atoms with E-state index in [9.17, 15) is 26.0 Å². The summed E-state index contributed by atoms with van der Waals surface area (Å²) in [5, 5.41) is 1.76. The third-order valence-corrected chi connectivity index (χ3v) is 4.89. The van der Waals surface area contributed by atoms with Crippen LogP contribution < -0.4 is 5.32 Å². The Morgan fingerprint density at radius 2 is 2.09 bits per heavy atom. The van der Waals surface area contributed by atoms with E-state index in [0.29, 0.717) is 6.20 Å². The minimum Gasteiger partial charge on any atom is -0.348 e. The molecule has 0 aliphatic carbocycles. The molecule has 6 nitrogen and oxygen atoms in total. The number of nitrogens with zero attached hydrogens (tertiary/aromatic N) is 3. The molecule has 0 spiro atoms. The van der Waals surface area contributed by atoms with Crippen LogP contribution in [0.15, 0.2) is 6.20 Å². The quantitative estimate of drug-likeness (QED) is 0.644. The van der Waals surface area contributed by atoms with Crippen LogP contribution in [0.25, 0.3) is 0 Å². The number of alkyl halides is 4. The summed E-state index contributed by atoms with van der Waals surface area (Å²) in [6.45, 7) is -0.254. The van der Waals surface area contributed by atoms with Crippen molar-refractivity contribution in [2.75, 3.05) is 24.7 Å². The summed E-state index contributed by atoms with van der Waals surface area (Å²) >= 11 is 5.46. The largest absolute Gasteiger partial charge is 0.420 e. The number of hydrogen-bond donors (Lipinski definition) is 1. The Labute approximate surface area is 134 Å². The summed E-state index contributed by atoms with van der Waals surface area (Å²) in [7, 11) is -3.50. The van der Waals surface area contributed by atoms with E-state index < -0.39 is 39.1 Å². The molecule has 1 aromatic heterocycles. The van der Waals surface area contributed by atoms with Crippen LogP contribution in [-0.4, -0.2) is 54.2 Å². The minimum absolute atomic E-state index is 0.0886. The van der Waals surface area contributed by atoms with E-state index in [1.165, 1.54) is 0 Å². The molecule has 2 atom stereocenters. The van der Waals surface area contributed by atoms with Gasteiger partial charge in [-0.2, -0.15) is 17.5 Å². The van der Waals surface area contributed by atoms with Gasteiger partial charge >= 0.3 is 6.18 Å². The van der Waals surface area contributed by atoms with Crippen molar-refractivity contribution in [3.8, 4) is 0 Å². The van der Waals surface area contributed by atoms with Crippen LogP contribution in [0.4, 0.5) is 23.5 Å². The predicted molar refractivity (Wildman–Crippen MR) is 75.4 cm³/mol. The molecule has 12 heteroatoms. The van der Waals surface area contributed by atoms with Gasteiger partial charge in [-0.3, -0.25) is 0 Å². The fourth-order valence-electron chi connectivity index (χ4n) is 2.13. The third kappa shape index (κ3) is 4.42. The number of rotatable bonds is 3. The second-order valence-electron chi connectivity index (χ2n) is 5.07. The number of anilines is 1. The molecular weight excluding hydrogens is 364 g/mol. The first-order chi connectivity index (χ1) is 10.5. The Bertz CT molecular complexity index is 685. The lowest BCUT2D eigenvalue weighted by molar-refractivity contribution is -0.137. The van der Waals surface area contributed by atoms with Crippen LogP contribution in [0.5, 0.6) is 0 Å². The molecular formula is C11H13ClF4N4O2S. The molecule has 0 bridgehead atoms. The number of hydrogen-bond acceptors (Lipinski definition) is 5. The van der Waals surface area contributed by atoms with Gasteiger partial charge in [0.05, 0.1) is 12.3 Å². The van der Waals surface area contributed by atoms with Gasteiger partial charge in [0.2, 0.25) is 16.0 Å². The Kier molecular flexibility index (Phi) is 5.02. The van der Waals surface area contributed by atoms with Gasteiger partial charge in [-0.25, -0.2) is 22.8 Å². The Balaban J connectivity index is 2.08. The van der Waals surface area contributed by atoms with Gasteiger partial charge in [0.25, 0.3) is 0 Å². The van der Waals surface area contributed by atoms with E-state index in [-0.39, 0.29) is 25.5 Å². The van der Waals surface area contributed by atoms with E-state index in [1.54, 1.807) is 0 Å². The Hall–Kier alpha value is -1.20. The van der Waals surface area contributed by atoms with Crippen molar-refractivity contribution in [1.82, 2.24) is 14.3 Å². The molecule has 1 aliphatic rings. The number of nitrogens with one attached hydrogen (secondary N) is 1. The lowest BCUT2D eigenvalue weighted by Crippen LogP contribution is -2.49. The fourth-order valence-corrected chi connectivity index (χ4v) is 3.21. The van der Waals surface area contributed by atoms with Gasteiger partial charge in [0.1, 0.15) is 16.9 Å². The zero-order valence-corrected chi connectivity index (χ0v) is 13.4. The molecule has 1 aliphatic heterocycles. The van der Waals surface area contributed by atoms with Gasteiger partial charge in [-0.1, -0.05) is 11.6 Å². The smallest absolute Gasteiger partial charge is 0.348 e. The predicted octanol–water partition coefficient (Wildman–Crippen LogP) is 1.93. The molecule has 0 aromatic carbocycles. The summed E-state index contributed by atoms with van der Waals surface area (Å²) in [6, 6.07) is -0.819. The molecule has 1 N–H and O–H groups in total. The monoisotopic (exact) mass is 376 g/mol. The van der Waals surface area contributed by atoms with Crippen molar-refractivity contribution in [1.29, 1.82) is 0 Å². The third-order valence-electron chi connectivity index (χ3n) is 3.34. The average Bonchev–Trinajstić information content (AvgIpc) is 2.38. The summed E-state index contributed by atoms with van der Waals surface area (Å²) in [4.78, 5) is 6.94. The molecule has 2 rings (SSSR count). The average molecular weight is 377 g/mol. The minimum atomic E-state index is -4.68. The van der Waals surface area contributed by atoms with Crippen LogP contribution in [-0.2, 0) is 16.2 Å². The normalized spacial score (nSPS) is 23.7. The molecule has 1 fully saturated rings. The van der Waals surface area contributed by atoms with Gasteiger partial charge in [-0.05, 0) is 6.42 Å². The highest BCUT2D eigenvalue weighted by atomic mass is 35.5. The molecule has 0 radical (unpaired) electrons. The highest BCUT2D eigenvalue weighted by molar-refractivity contribution is 7.88. The van der Waals surface area contributed by atoms with Crippen molar-refractivity contribution in [3.63, 3.8) is 0 Å². The molecule has 2 heterocycles. The van der Waals surface area contributed by atoms with Gasteiger partial charge in [0.15, 0.2) is 0 Å². The first-order valence-electron chi connectivity index (χ1n) is 6.44. The van der Waals surface area contributed by atoms with Crippen LogP contribution >= 0.6 is 11.6 Å². The van der Waals surface area contributed by atoms with Crippen LogP contribution in [0.3, 0.4) is 0 Å². The second-order valence-corrected chi connectivity index (χ2v) is 7.41. The highest BCUT2D eigenvalue weighted by Gasteiger charge is 2.36. The number of halogens is 5. The number of aromatic nitrogens is 2. The van der Waals surface area contributed by atoms with Crippen molar-refractivity contribution < 1.29 is 26.0 Å². The standard InChI is InChI=1S/C11H13ClF4N4O2S/c1-23(21,22)20-3-2-8(7(13)5-20)18-10-17-4-6(9(12)19-10)11(14,15)16/h4,7-8H,2-3,5H2,1H3,(H,17,18,19)/t7-,8-/m1/s1. The van der Waals surface area contributed by atoms with Crippen LogP contribution in [0.2, 0.25) is 5.15 Å². The van der Waals surface area contributed by atoms with Crippen molar-refractivity contribution in [3.05, 3.63) is 16.9 Å². The van der Waals surface area contributed by atoms with Gasteiger partial charge in [0, 0.05) is 19.3 Å². The van der Waals surface area contributed by atoms with Gasteiger partial charge < -0.3 is 5.32 Å². The van der Waals surface area contributed by atoms with Crippen molar-refractivity contribution in [2.45, 2.75) is 24.8 Å². The maximum absolute atomic E-state index is 14.0. The lowest BCUT2D eigenvalue weighted by atomic mass is 10.1. The summed E-state index contributed by atoms with van der Waals surface area (Å²) < 4.78 is 75.4. The SMILES string of the molecule is CS(=O)(=O)N1CC[C@@H](Nc2ncc(C(F)(F)F)c(Cl)n2)[C@H](F)C1. The molecule has 1 saturated heterocycles. The van der Waals surface area contributed by atoms with E-state index in [1.807, 2.05) is 0 Å². The fraction of sp³-hybridized carbons (Fsp3) is 0.636. The van der Waals surface area contributed by atoms with Crippen molar-refractivity contribution in [2.24, 2.45) is 0 Å². The maximum atomic E-state index is 14.0. The molecule has 130 valence electrons. The number of sulfonamides is 1. The second kappa shape index (κ2) is 6.36. The van der Waals surface area contributed by atoms with Gasteiger partial charge in [-0.15, -0.1) is 0 Å². The summed E-state index contributed by atoms with van der Waals surface area (Å²) in [5.41, 5.74) is -1.19. The molecule has 0 amide bonds. The topological polar surface area (TPSA) is 75.2 Å². The molecule has 1 aromatic rings. The maximum Gasteiger partial charge on any atom is 0.420 e. The lowest BCUT2D eigenvalue weighted by Gasteiger charge is -2.33. The van der Waals surface area contributed by atoms with Crippen molar-refractivity contribution >= 4 is 27.6 Å². The van der Waals surface area contributed by atoms with Crippen LogP contribution in [0.1, 0.15) is 12.0 Å². The number of piperidine rings is 1. The highest BCUT2D eigenvalue weighted by Crippen LogP contribution is 2.33. The molecule has 23 heavy (non-hydrogen) atoms. The molecule has 0 unspecified atom stereocenters. The first-order valence-corrected chi connectivity index (χ1v) is 8.66. The van der Waals surface area contributed by atoms with E-state index in [4.69, 9.17) is 11.6 Å². The van der Waals surface area contributed by atoms with E-state index in [2.05, 4.69) is 15.3 Å². The zero-order chi connectivity index (χ0) is 17.4. The Morgan fingerprint density at radius 1 is 1.43 bits per heavy atom. The molecule has 0 saturated carbocycles. The van der Waals surface area contributed by atoms with Crippen LogP contribution in [0, 0.1) is 0 Å². The first kappa shape index (κ1) is 18.1. The summed E-state index contributed by atoms with van der Waals surface area (Å²) in [5.74, 6) is -0.247.